The third-order valence-corrected chi connectivity index (χ3v) is 8.30. The summed E-state index contributed by atoms with van der Waals surface area (Å²) in [5.41, 5.74) is 0. The summed E-state index contributed by atoms with van der Waals surface area (Å²) in [6.07, 6.45) is 42.4. The number of hydrogen-bond donors (Lipinski definition) is 0. The van der Waals surface area contributed by atoms with Crippen LogP contribution < -0.4 is 0 Å². The van der Waals surface area contributed by atoms with Crippen molar-refractivity contribution in [3.8, 4) is 0 Å². The molecule has 1 atom stereocenters. The Morgan fingerprint density at radius 3 is 1.16 bits per heavy atom. The SMILES string of the molecule is CCCC/C=C\C=C/CCCCCC(=O)OCC(COC(=O)CCCCCC/C=C\CCCC)OC(=O)CCCCCC/C=C\CCCC. The van der Waals surface area contributed by atoms with Crippen molar-refractivity contribution < 1.29 is 28.6 Å². The molecule has 0 N–H and O–H groups in total. The van der Waals surface area contributed by atoms with Crippen molar-refractivity contribution in [2.45, 2.75) is 194 Å². The van der Waals surface area contributed by atoms with Crippen molar-refractivity contribution in [1.82, 2.24) is 0 Å². The van der Waals surface area contributed by atoms with E-state index in [-0.39, 0.29) is 31.1 Å². The maximum absolute atomic E-state index is 12.6. The van der Waals surface area contributed by atoms with Gasteiger partial charge in [-0.2, -0.15) is 0 Å². The monoisotopic (exact) mass is 687 g/mol. The van der Waals surface area contributed by atoms with Crippen LogP contribution >= 0.6 is 0 Å². The average Bonchev–Trinajstić information content (AvgIpc) is 3.10. The third kappa shape index (κ3) is 36.5. The zero-order valence-corrected chi connectivity index (χ0v) is 31.9. The lowest BCUT2D eigenvalue weighted by atomic mass is 10.1. The summed E-state index contributed by atoms with van der Waals surface area (Å²) in [5.74, 6) is -0.958. The Morgan fingerprint density at radius 1 is 0.408 bits per heavy atom. The van der Waals surface area contributed by atoms with Crippen LogP contribution in [0.25, 0.3) is 0 Å². The molecule has 0 saturated heterocycles. The van der Waals surface area contributed by atoms with Crippen LogP contribution in [0, 0.1) is 0 Å². The normalized spacial score (nSPS) is 12.5. The fourth-order valence-corrected chi connectivity index (χ4v) is 5.14. The van der Waals surface area contributed by atoms with E-state index in [0.29, 0.717) is 19.3 Å². The zero-order chi connectivity index (χ0) is 35.9. The molecule has 1 unspecified atom stereocenters. The van der Waals surface area contributed by atoms with Gasteiger partial charge in [0.25, 0.3) is 0 Å². The predicted molar refractivity (Wildman–Crippen MR) is 205 cm³/mol. The number of hydrogen-bond acceptors (Lipinski definition) is 6. The maximum Gasteiger partial charge on any atom is 0.306 e. The Labute approximate surface area is 301 Å². The van der Waals surface area contributed by atoms with Crippen molar-refractivity contribution in [3.05, 3.63) is 48.6 Å². The second-order valence-electron chi connectivity index (χ2n) is 13.2. The highest BCUT2D eigenvalue weighted by Gasteiger charge is 2.19. The quantitative estimate of drug-likeness (QED) is 0.0217. The van der Waals surface area contributed by atoms with Gasteiger partial charge < -0.3 is 14.2 Å². The molecule has 49 heavy (non-hydrogen) atoms. The van der Waals surface area contributed by atoms with Crippen LogP contribution in [0.3, 0.4) is 0 Å². The summed E-state index contributed by atoms with van der Waals surface area (Å²) in [4.78, 5) is 37.4. The number of ether oxygens (including phenoxy) is 3. The molecule has 282 valence electrons. The van der Waals surface area contributed by atoms with Crippen LogP contribution in [0.5, 0.6) is 0 Å². The molecule has 0 bridgehead atoms. The molecule has 0 fully saturated rings. The van der Waals surface area contributed by atoms with Gasteiger partial charge in [-0.1, -0.05) is 140 Å². The molecule has 0 saturated carbocycles. The third-order valence-electron chi connectivity index (χ3n) is 8.30. The van der Waals surface area contributed by atoms with Crippen LogP contribution in [-0.2, 0) is 28.6 Å². The lowest BCUT2D eigenvalue weighted by Gasteiger charge is -2.18. The van der Waals surface area contributed by atoms with Crippen molar-refractivity contribution in [1.29, 1.82) is 0 Å². The van der Waals surface area contributed by atoms with E-state index < -0.39 is 6.10 Å². The molecule has 0 rings (SSSR count). The van der Waals surface area contributed by atoms with Crippen molar-refractivity contribution in [2.75, 3.05) is 13.2 Å². The molecule has 0 spiro atoms. The van der Waals surface area contributed by atoms with E-state index in [1.54, 1.807) is 0 Å². The van der Waals surface area contributed by atoms with Crippen molar-refractivity contribution in [2.24, 2.45) is 0 Å². The fraction of sp³-hybridized carbons (Fsp3) is 0.744. The summed E-state index contributed by atoms with van der Waals surface area (Å²) in [6, 6.07) is 0. The molecule has 0 aliphatic carbocycles. The molecule has 0 amide bonds. The standard InChI is InChI=1S/C43H74O6/c1-4-7-10-13-16-19-22-25-27-30-33-36-42(45)48-39-40(49-43(46)37-34-31-28-24-21-18-15-12-9-6-3)38-47-41(44)35-32-29-26-23-20-17-14-11-8-5-2/h13-19,22,40H,4-12,20-21,23-39H2,1-3H3/b16-13-,17-14-,18-15-,22-19-. The van der Waals surface area contributed by atoms with E-state index in [9.17, 15) is 14.4 Å². The van der Waals surface area contributed by atoms with Gasteiger partial charge in [-0.3, -0.25) is 14.4 Å². The molecular weight excluding hydrogens is 612 g/mol. The summed E-state index contributed by atoms with van der Waals surface area (Å²) in [5, 5.41) is 0. The first-order valence-electron chi connectivity index (χ1n) is 20.2. The predicted octanol–water partition coefficient (Wildman–Crippen LogP) is 12.4. The first kappa shape index (κ1) is 46.4. The van der Waals surface area contributed by atoms with Gasteiger partial charge in [-0.15, -0.1) is 0 Å². The Morgan fingerprint density at radius 2 is 0.735 bits per heavy atom. The van der Waals surface area contributed by atoms with E-state index in [4.69, 9.17) is 14.2 Å². The van der Waals surface area contributed by atoms with Gasteiger partial charge in [0.05, 0.1) is 0 Å². The summed E-state index contributed by atoms with van der Waals surface area (Å²) < 4.78 is 16.5. The zero-order valence-electron chi connectivity index (χ0n) is 31.9. The van der Waals surface area contributed by atoms with Gasteiger partial charge in [-0.25, -0.2) is 0 Å². The Hall–Kier alpha value is -2.63. The van der Waals surface area contributed by atoms with Gasteiger partial charge in [0.1, 0.15) is 13.2 Å². The largest absolute Gasteiger partial charge is 0.462 e. The van der Waals surface area contributed by atoms with Gasteiger partial charge in [0.2, 0.25) is 0 Å². The minimum Gasteiger partial charge on any atom is -0.462 e. The van der Waals surface area contributed by atoms with Crippen molar-refractivity contribution >= 4 is 17.9 Å². The second-order valence-corrected chi connectivity index (χ2v) is 13.2. The molecule has 0 aromatic heterocycles. The van der Waals surface area contributed by atoms with E-state index in [1.165, 1.54) is 38.5 Å². The van der Waals surface area contributed by atoms with Crippen LogP contribution in [0.4, 0.5) is 0 Å². The summed E-state index contributed by atoms with van der Waals surface area (Å²) >= 11 is 0. The van der Waals surface area contributed by atoms with E-state index in [2.05, 4.69) is 69.4 Å². The lowest BCUT2D eigenvalue weighted by Crippen LogP contribution is -2.30. The van der Waals surface area contributed by atoms with Crippen LogP contribution in [-0.4, -0.2) is 37.2 Å². The Bertz CT molecular complexity index is 887. The topological polar surface area (TPSA) is 78.9 Å². The number of allylic oxidation sites excluding steroid dienone is 8. The van der Waals surface area contributed by atoms with Gasteiger partial charge in [0, 0.05) is 19.3 Å². The highest BCUT2D eigenvalue weighted by atomic mass is 16.6. The molecule has 0 heterocycles. The summed E-state index contributed by atoms with van der Waals surface area (Å²) in [7, 11) is 0. The average molecular weight is 687 g/mol. The van der Waals surface area contributed by atoms with E-state index >= 15 is 0 Å². The smallest absolute Gasteiger partial charge is 0.306 e. The van der Waals surface area contributed by atoms with Crippen LogP contribution in [0.15, 0.2) is 48.6 Å². The summed E-state index contributed by atoms with van der Waals surface area (Å²) in [6.45, 7) is 6.42. The number of rotatable bonds is 35. The number of esters is 3. The molecule has 0 aromatic rings. The minimum atomic E-state index is -0.788. The Balaban J connectivity index is 4.46. The van der Waals surface area contributed by atoms with Crippen LogP contribution in [0.2, 0.25) is 0 Å². The van der Waals surface area contributed by atoms with Gasteiger partial charge in [-0.05, 0) is 77.0 Å². The molecule has 6 nitrogen and oxygen atoms in total. The maximum atomic E-state index is 12.6. The van der Waals surface area contributed by atoms with Crippen LogP contribution in [0.1, 0.15) is 188 Å². The van der Waals surface area contributed by atoms with Gasteiger partial charge >= 0.3 is 17.9 Å². The highest BCUT2D eigenvalue weighted by Crippen LogP contribution is 2.12. The first-order valence-corrected chi connectivity index (χ1v) is 20.2. The van der Waals surface area contributed by atoms with E-state index in [1.807, 2.05) is 0 Å². The molecule has 0 aliphatic rings. The lowest BCUT2D eigenvalue weighted by molar-refractivity contribution is -0.167. The fourth-order valence-electron chi connectivity index (χ4n) is 5.14. The Kier molecular flexibility index (Phi) is 36.1. The molecular formula is C43H74O6. The molecule has 0 radical (unpaired) electrons. The minimum absolute atomic E-state index is 0.0933. The molecule has 0 aromatic carbocycles. The second kappa shape index (κ2) is 38.2. The molecule has 0 aliphatic heterocycles. The number of carbonyl (C=O) groups excluding carboxylic acids is 3. The first-order chi connectivity index (χ1) is 24.0. The van der Waals surface area contributed by atoms with Crippen molar-refractivity contribution in [3.63, 3.8) is 0 Å². The highest BCUT2D eigenvalue weighted by molar-refractivity contribution is 5.71. The number of carbonyl (C=O) groups is 3. The van der Waals surface area contributed by atoms with E-state index in [0.717, 1.165) is 109 Å². The van der Waals surface area contributed by atoms with Gasteiger partial charge in [0.15, 0.2) is 6.10 Å². The number of unbranched alkanes of at least 4 members (excludes halogenated alkanes) is 17. The molecule has 6 heteroatoms.